The quantitative estimate of drug-likeness (QED) is 0.818. The monoisotopic (exact) mass is 222 g/mol. The molecule has 1 heterocycles. The number of rotatable bonds is 3. The van der Waals surface area contributed by atoms with Crippen LogP contribution in [0.15, 0.2) is 24.3 Å². The van der Waals surface area contributed by atoms with E-state index in [4.69, 9.17) is 4.74 Å². The van der Waals surface area contributed by atoms with Crippen molar-refractivity contribution in [2.24, 2.45) is 5.41 Å². The van der Waals surface area contributed by atoms with E-state index >= 15 is 0 Å². The highest BCUT2D eigenvalue weighted by Crippen LogP contribution is 2.37. The van der Waals surface area contributed by atoms with Gasteiger partial charge in [-0.05, 0) is 37.5 Å². The van der Waals surface area contributed by atoms with E-state index in [0.29, 0.717) is 0 Å². The van der Waals surface area contributed by atoms with Crippen molar-refractivity contribution >= 4 is 0 Å². The minimum atomic E-state index is -0.156. The molecule has 1 aromatic rings. The van der Waals surface area contributed by atoms with E-state index in [2.05, 4.69) is 0 Å². The van der Waals surface area contributed by atoms with Gasteiger partial charge < -0.3 is 14.9 Å². The highest BCUT2D eigenvalue weighted by atomic mass is 16.5. The highest BCUT2D eigenvalue weighted by molar-refractivity contribution is 5.27. The molecule has 1 aliphatic heterocycles. The normalized spacial score (nSPS) is 29.5. The molecule has 0 bridgehead atoms. The first-order valence-electron chi connectivity index (χ1n) is 5.67. The zero-order valence-electron chi connectivity index (χ0n) is 9.52. The number of aliphatic hydroxyl groups excluding tert-OH is 1. The van der Waals surface area contributed by atoms with Gasteiger partial charge in [-0.25, -0.2) is 0 Å². The standard InChI is InChI=1S/C13H18O3/c1-10-13(9-14,6-7-16-10)8-11-2-4-12(15)5-3-11/h2-5,10,14-15H,6-9H2,1H3. The van der Waals surface area contributed by atoms with E-state index in [1.807, 2.05) is 19.1 Å². The van der Waals surface area contributed by atoms with Crippen LogP contribution in [-0.4, -0.2) is 29.5 Å². The van der Waals surface area contributed by atoms with Crippen LogP contribution in [0.4, 0.5) is 0 Å². The van der Waals surface area contributed by atoms with Crippen LogP contribution < -0.4 is 0 Å². The molecule has 0 aromatic heterocycles. The van der Waals surface area contributed by atoms with E-state index < -0.39 is 0 Å². The second kappa shape index (κ2) is 4.44. The number of benzene rings is 1. The number of aliphatic hydroxyl groups is 1. The van der Waals surface area contributed by atoms with Crippen molar-refractivity contribution in [3.63, 3.8) is 0 Å². The molecule has 16 heavy (non-hydrogen) atoms. The Morgan fingerprint density at radius 1 is 1.38 bits per heavy atom. The Kier molecular flexibility index (Phi) is 3.17. The number of hydrogen-bond acceptors (Lipinski definition) is 3. The molecule has 0 spiro atoms. The van der Waals surface area contributed by atoms with Crippen molar-refractivity contribution in [2.45, 2.75) is 25.9 Å². The summed E-state index contributed by atoms with van der Waals surface area (Å²) >= 11 is 0. The Hall–Kier alpha value is -1.06. The molecule has 0 amide bonds. The summed E-state index contributed by atoms with van der Waals surface area (Å²) in [5.74, 6) is 0.275. The molecule has 2 N–H and O–H groups in total. The Labute approximate surface area is 95.7 Å². The first-order valence-corrected chi connectivity index (χ1v) is 5.67. The zero-order chi connectivity index (χ0) is 11.6. The SMILES string of the molecule is CC1OCCC1(CO)Cc1ccc(O)cc1. The molecular formula is C13H18O3. The summed E-state index contributed by atoms with van der Waals surface area (Å²) in [5.41, 5.74) is 0.973. The average Bonchev–Trinajstić information content (AvgIpc) is 2.64. The maximum Gasteiger partial charge on any atom is 0.115 e. The van der Waals surface area contributed by atoms with Crippen molar-refractivity contribution in [1.29, 1.82) is 0 Å². The number of phenols is 1. The second-order valence-corrected chi connectivity index (χ2v) is 4.63. The molecule has 2 atom stereocenters. The summed E-state index contributed by atoms with van der Waals surface area (Å²) in [4.78, 5) is 0. The molecule has 3 heteroatoms. The van der Waals surface area contributed by atoms with Crippen molar-refractivity contribution in [3.05, 3.63) is 29.8 Å². The van der Waals surface area contributed by atoms with Gasteiger partial charge in [0, 0.05) is 12.0 Å². The third-order valence-electron chi connectivity index (χ3n) is 3.64. The van der Waals surface area contributed by atoms with Gasteiger partial charge in [-0.1, -0.05) is 12.1 Å². The Morgan fingerprint density at radius 2 is 2.06 bits per heavy atom. The zero-order valence-corrected chi connectivity index (χ0v) is 9.52. The fourth-order valence-electron chi connectivity index (χ4n) is 2.33. The molecule has 2 rings (SSSR count). The molecule has 88 valence electrons. The first-order chi connectivity index (χ1) is 7.66. The van der Waals surface area contributed by atoms with Gasteiger partial charge in [-0.2, -0.15) is 0 Å². The first kappa shape index (κ1) is 11.4. The Bertz CT molecular complexity index is 347. The molecule has 0 saturated carbocycles. The average molecular weight is 222 g/mol. The Morgan fingerprint density at radius 3 is 2.56 bits per heavy atom. The van der Waals surface area contributed by atoms with E-state index in [1.54, 1.807) is 12.1 Å². The topological polar surface area (TPSA) is 49.7 Å². The van der Waals surface area contributed by atoms with Gasteiger partial charge >= 0.3 is 0 Å². The molecular weight excluding hydrogens is 204 g/mol. The van der Waals surface area contributed by atoms with Gasteiger partial charge in [0.2, 0.25) is 0 Å². The lowest BCUT2D eigenvalue weighted by Crippen LogP contribution is -2.34. The molecule has 0 radical (unpaired) electrons. The van der Waals surface area contributed by atoms with Crippen LogP contribution in [0.25, 0.3) is 0 Å². The highest BCUT2D eigenvalue weighted by Gasteiger charge is 2.40. The minimum absolute atomic E-state index is 0.0892. The number of hydrogen-bond donors (Lipinski definition) is 2. The van der Waals surface area contributed by atoms with Crippen molar-refractivity contribution in [2.75, 3.05) is 13.2 Å². The summed E-state index contributed by atoms with van der Waals surface area (Å²) in [5, 5.41) is 18.8. The van der Waals surface area contributed by atoms with Crippen LogP contribution in [0.3, 0.4) is 0 Å². The lowest BCUT2D eigenvalue weighted by molar-refractivity contribution is 0.0272. The molecule has 0 aliphatic carbocycles. The van der Waals surface area contributed by atoms with Crippen LogP contribution in [-0.2, 0) is 11.2 Å². The number of aromatic hydroxyl groups is 1. The van der Waals surface area contributed by atoms with Gasteiger partial charge in [-0.15, -0.1) is 0 Å². The molecule has 1 fully saturated rings. The number of ether oxygens (including phenoxy) is 1. The van der Waals surface area contributed by atoms with E-state index in [0.717, 1.165) is 25.0 Å². The minimum Gasteiger partial charge on any atom is -0.508 e. The Balaban J connectivity index is 2.15. The van der Waals surface area contributed by atoms with Crippen LogP contribution >= 0.6 is 0 Å². The van der Waals surface area contributed by atoms with Gasteiger partial charge in [0.15, 0.2) is 0 Å². The van der Waals surface area contributed by atoms with Crippen molar-refractivity contribution in [1.82, 2.24) is 0 Å². The van der Waals surface area contributed by atoms with Crippen molar-refractivity contribution in [3.8, 4) is 5.75 Å². The summed E-state index contributed by atoms with van der Waals surface area (Å²) in [6.45, 7) is 2.89. The van der Waals surface area contributed by atoms with Gasteiger partial charge in [-0.3, -0.25) is 0 Å². The maximum absolute atomic E-state index is 9.57. The van der Waals surface area contributed by atoms with E-state index in [1.165, 1.54) is 0 Å². The maximum atomic E-state index is 9.57. The molecule has 3 nitrogen and oxygen atoms in total. The lowest BCUT2D eigenvalue weighted by atomic mass is 9.77. The third kappa shape index (κ3) is 2.06. The van der Waals surface area contributed by atoms with Gasteiger partial charge in [0.1, 0.15) is 5.75 Å². The lowest BCUT2D eigenvalue weighted by Gasteiger charge is -2.30. The van der Waals surface area contributed by atoms with Crippen LogP contribution in [0, 0.1) is 5.41 Å². The third-order valence-corrected chi connectivity index (χ3v) is 3.64. The van der Waals surface area contributed by atoms with Crippen LogP contribution in [0.1, 0.15) is 18.9 Å². The fourth-order valence-corrected chi connectivity index (χ4v) is 2.33. The van der Waals surface area contributed by atoms with Crippen LogP contribution in [0.2, 0.25) is 0 Å². The fraction of sp³-hybridized carbons (Fsp3) is 0.538. The summed E-state index contributed by atoms with van der Waals surface area (Å²) in [6, 6.07) is 7.16. The molecule has 2 unspecified atom stereocenters. The van der Waals surface area contributed by atoms with Crippen molar-refractivity contribution < 1.29 is 14.9 Å². The largest absolute Gasteiger partial charge is 0.508 e. The van der Waals surface area contributed by atoms with Gasteiger partial charge in [0.25, 0.3) is 0 Å². The molecule has 1 aromatic carbocycles. The summed E-state index contributed by atoms with van der Waals surface area (Å²) < 4.78 is 5.55. The van der Waals surface area contributed by atoms with E-state index in [-0.39, 0.29) is 23.9 Å². The second-order valence-electron chi connectivity index (χ2n) is 4.63. The summed E-state index contributed by atoms with van der Waals surface area (Å²) in [6.07, 6.45) is 1.78. The molecule has 1 aliphatic rings. The van der Waals surface area contributed by atoms with Crippen LogP contribution in [0.5, 0.6) is 5.75 Å². The van der Waals surface area contributed by atoms with Gasteiger partial charge in [0.05, 0.1) is 12.7 Å². The van der Waals surface area contributed by atoms with E-state index in [9.17, 15) is 10.2 Å². The summed E-state index contributed by atoms with van der Waals surface area (Å²) in [7, 11) is 0. The molecule has 1 saturated heterocycles. The predicted molar refractivity (Wildman–Crippen MR) is 61.4 cm³/mol. The smallest absolute Gasteiger partial charge is 0.115 e. The number of phenolic OH excluding ortho intramolecular Hbond substituents is 1. The predicted octanol–water partition coefficient (Wildman–Crippen LogP) is 1.72.